The molecule has 0 aliphatic rings. The number of hydrogen-bond acceptors (Lipinski definition) is 3. The molecule has 0 radical (unpaired) electrons. The molecular weight excluding hydrogens is 190 g/mol. The smallest absolute Gasteiger partial charge is 0.125 e. The molecule has 0 aromatic heterocycles. The van der Waals surface area contributed by atoms with E-state index in [1.807, 2.05) is 32.0 Å². The highest BCUT2D eigenvalue weighted by Gasteiger charge is 2.17. The molecule has 0 aliphatic heterocycles. The maximum absolute atomic E-state index is 9.92. The van der Waals surface area contributed by atoms with E-state index >= 15 is 0 Å². The van der Waals surface area contributed by atoms with Crippen LogP contribution in [0.2, 0.25) is 0 Å². The van der Waals surface area contributed by atoms with Gasteiger partial charge in [-0.25, -0.2) is 0 Å². The molecule has 1 aromatic rings. The molecule has 3 heteroatoms. The third kappa shape index (κ3) is 2.94. The summed E-state index contributed by atoms with van der Waals surface area (Å²) < 4.78 is 5.45. The number of aliphatic hydroxyl groups excluding tert-OH is 1. The average Bonchev–Trinajstić information content (AvgIpc) is 2.20. The molecule has 0 fully saturated rings. The lowest BCUT2D eigenvalue weighted by Crippen LogP contribution is -2.25. The molecule has 0 aliphatic carbocycles. The summed E-state index contributed by atoms with van der Waals surface area (Å²) in [5, 5.41) is 9.92. The van der Waals surface area contributed by atoms with Crippen molar-refractivity contribution in [2.24, 2.45) is 5.73 Å². The van der Waals surface area contributed by atoms with Gasteiger partial charge in [0.2, 0.25) is 0 Å². The van der Waals surface area contributed by atoms with Gasteiger partial charge in [-0.15, -0.1) is 0 Å². The quantitative estimate of drug-likeness (QED) is 0.794. The van der Waals surface area contributed by atoms with Crippen LogP contribution in [-0.4, -0.2) is 17.8 Å². The molecule has 3 nitrogen and oxygen atoms in total. The fourth-order valence-corrected chi connectivity index (χ4v) is 1.47. The van der Waals surface area contributed by atoms with Gasteiger partial charge in [-0.2, -0.15) is 0 Å². The molecule has 0 amide bonds. The van der Waals surface area contributed by atoms with E-state index in [0.29, 0.717) is 12.4 Å². The first kappa shape index (κ1) is 12.0. The maximum Gasteiger partial charge on any atom is 0.125 e. The second kappa shape index (κ2) is 5.14. The zero-order chi connectivity index (χ0) is 11.4. The number of aryl methyl sites for hydroxylation is 1. The van der Waals surface area contributed by atoms with Crippen molar-refractivity contribution in [3.05, 3.63) is 29.3 Å². The van der Waals surface area contributed by atoms with Crippen LogP contribution in [0.15, 0.2) is 18.2 Å². The first-order valence-electron chi connectivity index (χ1n) is 5.23. The van der Waals surface area contributed by atoms with E-state index < -0.39 is 6.10 Å². The average molecular weight is 209 g/mol. The standard InChI is InChI=1S/C12H19NO2/c1-4-15-11-6-5-8(2)7-10(11)12(14)9(3)13/h5-7,9,12,14H,4,13H2,1-3H3/t9-,12-/m1/s1. The Labute approximate surface area is 90.9 Å². The number of ether oxygens (including phenoxy) is 1. The van der Waals surface area contributed by atoms with Crippen LogP contribution in [0.5, 0.6) is 5.75 Å². The molecule has 0 saturated heterocycles. The molecular formula is C12H19NO2. The molecule has 1 rings (SSSR count). The highest BCUT2D eigenvalue weighted by atomic mass is 16.5. The number of rotatable bonds is 4. The lowest BCUT2D eigenvalue weighted by Gasteiger charge is -2.19. The number of nitrogens with two attached hydrogens (primary N) is 1. The molecule has 0 unspecified atom stereocenters. The number of aliphatic hydroxyl groups is 1. The Kier molecular flexibility index (Phi) is 4.12. The van der Waals surface area contributed by atoms with Gasteiger partial charge in [-0.1, -0.05) is 11.6 Å². The molecule has 0 saturated carbocycles. The van der Waals surface area contributed by atoms with Gasteiger partial charge >= 0.3 is 0 Å². The summed E-state index contributed by atoms with van der Waals surface area (Å²) in [6.07, 6.45) is -0.675. The lowest BCUT2D eigenvalue weighted by atomic mass is 10.0. The zero-order valence-corrected chi connectivity index (χ0v) is 9.53. The molecule has 84 valence electrons. The topological polar surface area (TPSA) is 55.5 Å². The zero-order valence-electron chi connectivity index (χ0n) is 9.53. The fraction of sp³-hybridized carbons (Fsp3) is 0.500. The number of hydrogen-bond donors (Lipinski definition) is 2. The summed E-state index contributed by atoms with van der Waals surface area (Å²) in [7, 11) is 0. The monoisotopic (exact) mass is 209 g/mol. The van der Waals surface area contributed by atoms with Crippen molar-refractivity contribution < 1.29 is 9.84 Å². The summed E-state index contributed by atoms with van der Waals surface area (Å²) in [6, 6.07) is 5.45. The highest BCUT2D eigenvalue weighted by molar-refractivity contribution is 5.39. The first-order chi connectivity index (χ1) is 7.06. The number of benzene rings is 1. The Morgan fingerprint density at radius 3 is 2.67 bits per heavy atom. The van der Waals surface area contributed by atoms with Crippen LogP contribution in [-0.2, 0) is 0 Å². The van der Waals surface area contributed by atoms with Crippen LogP contribution in [0.25, 0.3) is 0 Å². The van der Waals surface area contributed by atoms with E-state index in [-0.39, 0.29) is 6.04 Å². The van der Waals surface area contributed by atoms with Crippen LogP contribution >= 0.6 is 0 Å². The van der Waals surface area contributed by atoms with Crippen molar-refractivity contribution in [2.45, 2.75) is 32.9 Å². The van der Waals surface area contributed by atoms with Gasteiger partial charge in [0.15, 0.2) is 0 Å². The van der Waals surface area contributed by atoms with Gasteiger partial charge in [0.1, 0.15) is 5.75 Å². The summed E-state index contributed by atoms with van der Waals surface area (Å²) in [6.45, 7) is 6.26. The second-order valence-electron chi connectivity index (χ2n) is 3.78. The van der Waals surface area contributed by atoms with E-state index in [9.17, 15) is 5.11 Å². The van der Waals surface area contributed by atoms with Crippen molar-refractivity contribution in [3.8, 4) is 5.75 Å². The first-order valence-corrected chi connectivity index (χ1v) is 5.23. The molecule has 3 N–H and O–H groups in total. The third-order valence-electron chi connectivity index (χ3n) is 2.28. The van der Waals surface area contributed by atoms with Crippen LogP contribution in [0.1, 0.15) is 31.1 Å². The van der Waals surface area contributed by atoms with Gasteiger partial charge in [0.05, 0.1) is 12.7 Å². The van der Waals surface area contributed by atoms with Gasteiger partial charge < -0.3 is 15.6 Å². The van der Waals surface area contributed by atoms with E-state index in [4.69, 9.17) is 10.5 Å². The van der Waals surface area contributed by atoms with Crippen LogP contribution in [0.4, 0.5) is 0 Å². The Morgan fingerprint density at radius 2 is 2.13 bits per heavy atom. The lowest BCUT2D eigenvalue weighted by molar-refractivity contribution is 0.148. The van der Waals surface area contributed by atoms with Gasteiger partial charge in [-0.3, -0.25) is 0 Å². The van der Waals surface area contributed by atoms with Crippen LogP contribution in [0, 0.1) is 6.92 Å². The molecule has 15 heavy (non-hydrogen) atoms. The summed E-state index contributed by atoms with van der Waals surface area (Å²) in [5.41, 5.74) is 7.54. The molecule has 0 spiro atoms. The Balaban J connectivity index is 3.06. The minimum Gasteiger partial charge on any atom is -0.493 e. The predicted octanol–water partition coefficient (Wildman–Crippen LogP) is 1.77. The van der Waals surface area contributed by atoms with Crippen LogP contribution < -0.4 is 10.5 Å². The van der Waals surface area contributed by atoms with Crippen molar-refractivity contribution >= 4 is 0 Å². The van der Waals surface area contributed by atoms with Crippen molar-refractivity contribution in [1.82, 2.24) is 0 Å². The van der Waals surface area contributed by atoms with E-state index in [0.717, 1.165) is 11.1 Å². The second-order valence-corrected chi connectivity index (χ2v) is 3.78. The Bertz CT molecular complexity index is 323. The molecule has 2 atom stereocenters. The third-order valence-corrected chi connectivity index (χ3v) is 2.28. The summed E-state index contributed by atoms with van der Waals surface area (Å²) in [4.78, 5) is 0. The largest absolute Gasteiger partial charge is 0.493 e. The SMILES string of the molecule is CCOc1ccc(C)cc1[C@H](O)[C@@H](C)N. The molecule has 0 bridgehead atoms. The predicted molar refractivity (Wildman–Crippen MR) is 61.0 cm³/mol. The van der Waals surface area contributed by atoms with E-state index in [2.05, 4.69) is 0 Å². The molecule has 0 heterocycles. The van der Waals surface area contributed by atoms with Crippen molar-refractivity contribution in [1.29, 1.82) is 0 Å². The Morgan fingerprint density at radius 1 is 1.47 bits per heavy atom. The van der Waals surface area contributed by atoms with Gasteiger partial charge in [-0.05, 0) is 32.9 Å². The van der Waals surface area contributed by atoms with Crippen molar-refractivity contribution in [2.75, 3.05) is 6.61 Å². The highest BCUT2D eigenvalue weighted by Crippen LogP contribution is 2.27. The van der Waals surface area contributed by atoms with E-state index in [1.165, 1.54) is 0 Å². The maximum atomic E-state index is 9.92. The molecule has 1 aromatic carbocycles. The minimum atomic E-state index is -0.675. The summed E-state index contributed by atoms with van der Waals surface area (Å²) >= 11 is 0. The minimum absolute atomic E-state index is 0.300. The van der Waals surface area contributed by atoms with E-state index in [1.54, 1.807) is 6.92 Å². The normalized spacial score (nSPS) is 14.7. The van der Waals surface area contributed by atoms with Crippen LogP contribution in [0.3, 0.4) is 0 Å². The Hall–Kier alpha value is -1.06. The van der Waals surface area contributed by atoms with Gasteiger partial charge in [0, 0.05) is 11.6 Å². The summed E-state index contributed by atoms with van der Waals surface area (Å²) in [5.74, 6) is 0.716. The fourth-order valence-electron chi connectivity index (χ4n) is 1.47. The van der Waals surface area contributed by atoms with Gasteiger partial charge in [0.25, 0.3) is 0 Å². The van der Waals surface area contributed by atoms with Crippen molar-refractivity contribution in [3.63, 3.8) is 0 Å².